The van der Waals surface area contributed by atoms with Gasteiger partial charge in [0.1, 0.15) is 0 Å². The number of rotatable bonds is 4. The Hall–Kier alpha value is -2.17. The SMILES string of the molecule is COC(=O)C(C)Cc1c(C)nn(-c2cc(C)ccn2)c1C. The number of pyridine rings is 1. The Morgan fingerprint density at radius 2 is 2.10 bits per heavy atom. The fourth-order valence-corrected chi connectivity index (χ4v) is 2.42. The molecule has 0 N–H and O–H groups in total. The van der Waals surface area contributed by atoms with Crippen molar-refractivity contribution >= 4 is 5.97 Å². The van der Waals surface area contributed by atoms with E-state index in [1.54, 1.807) is 6.20 Å². The third-order valence-electron chi connectivity index (χ3n) is 3.67. The molecule has 0 amide bonds. The Kier molecular flexibility index (Phi) is 4.40. The Labute approximate surface area is 125 Å². The number of carbonyl (C=O) groups excluding carboxylic acids is 1. The minimum atomic E-state index is -0.199. The summed E-state index contributed by atoms with van der Waals surface area (Å²) in [4.78, 5) is 16.0. The second-order valence-corrected chi connectivity index (χ2v) is 5.38. The second-order valence-electron chi connectivity index (χ2n) is 5.38. The normalized spacial score (nSPS) is 12.2. The maximum atomic E-state index is 11.6. The van der Waals surface area contributed by atoms with Gasteiger partial charge in [0.25, 0.3) is 0 Å². The van der Waals surface area contributed by atoms with Crippen LogP contribution in [0.25, 0.3) is 5.82 Å². The van der Waals surface area contributed by atoms with Crippen LogP contribution in [-0.4, -0.2) is 27.8 Å². The largest absolute Gasteiger partial charge is 0.469 e. The minimum absolute atomic E-state index is 0.185. The number of aryl methyl sites for hydroxylation is 2. The van der Waals surface area contributed by atoms with E-state index in [1.165, 1.54) is 7.11 Å². The molecule has 21 heavy (non-hydrogen) atoms. The van der Waals surface area contributed by atoms with Crippen LogP contribution in [0.4, 0.5) is 0 Å². The van der Waals surface area contributed by atoms with Gasteiger partial charge >= 0.3 is 5.97 Å². The van der Waals surface area contributed by atoms with Crippen LogP contribution in [0.3, 0.4) is 0 Å². The predicted molar refractivity (Wildman–Crippen MR) is 80.5 cm³/mol. The van der Waals surface area contributed by atoms with Crippen LogP contribution in [0.2, 0.25) is 0 Å². The third-order valence-corrected chi connectivity index (χ3v) is 3.67. The molecule has 0 spiro atoms. The van der Waals surface area contributed by atoms with Crippen LogP contribution in [0.15, 0.2) is 18.3 Å². The number of hydrogen-bond acceptors (Lipinski definition) is 4. The number of aromatic nitrogens is 3. The lowest BCUT2D eigenvalue weighted by Crippen LogP contribution is -2.16. The average Bonchev–Trinajstić information content (AvgIpc) is 2.74. The van der Waals surface area contributed by atoms with Crippen molar-refractivity contribution in [3.8, 4) is 5.82 Å². The first-order chi connectivity index (χ1) is 9.93. The van der Waals surface area contributed by atoms with Crippen molar-refractivity contribution < 1.29 is 9.53 Å². The molecular formula is C16H21N3O2. The molecule has 0 aliphatic carbocycles. The Balaban J connectivity index is 2.36. The van der Waals surface area contributed by atoms with E-state index in [0.717, 1.165) is 28.3 Å². The zero-order chi connectivity index (χ0) is 15.6. The summed E-state index contributed by atoms with van der Waals surface area (Å²) < 4.78 is 6.63. The summed E-state index contributed by atoms with van der Waals surface area (Å²) in [6.07, 6.45) is 2.40. The highest BCUT2D eigenvalue weighted by molar-refractivity contribution is 5.72. The van der Waals surface area contributed by atoms with Gasteiger partial charge in [-0.25, -0.2) is 9.67 Å². The van der Waals surface area contributed by atoms with Crippen molar-refractivity contribution in [1.29, 1.82) is 0 Å². The van der Waals surface area contributed by atoms with Crippen molar-refractivity contribution in [2.75, 3.05) is 7.11 Å². The van der Waals surface area contributed by atoms with Crippen molar-refractivity contribution in [1.82, 2.24) is 14.8 Å². The molecule has 0 fully saturated rings. The van der Waals surface area contributed by atoms with Crippen LogP contribution in [0, 0.1) is 26.7 Å². The van der Waals surface area contributed by atoms with Gasteiger partial charge in [-0.15, -0.1) is 0 Å². The van der Waals surface area contributed by atoms with Gasteiger partial charge in [0.05, 0.1) is 18.7 Å². The number of esters is 1. The molecule has 0 saturated carbocycles. The van der Waals surface area contributed by atoms with Gasteiger partial charge in [-0.1, -0.05) is 6.92 Å². The smallest absolute Gasteiger partial charge is 0.308 e. The molecule has 0 aliphatic rings. The van der Waals surface area contributed by atoms with Gasteiger partial charge in [-0.3, -0.25) is 4.79 Å². The van der Waals surface area contributed by atoms with Crippen molar-refractivity contribution in [3.63, 3.8) is 0 Å². The van der Waals surface area contributed by atoms with E-state index in [4.69, 9.17) is 4.74 Å². The van der Waals surface area contributed by atoms with E-state index in [-0.39, 0.29) is 11.9 Å². The monoisotopic (exact) mass is 287 g/mol. The summed E-state index contributed by atoms with van der Waals surface area (Å²) in [5, 5.41) is 4.56. The molecule has 5 nitrogen and oxygen atoms in total. The van der Waals surface area contributed by atoms with Crippen LogP contribution in [0.1, 0.15) is 29.4 Å². The molecule has 112 valence electrons. The molecule has 0 aromatic carbocycles. The van der Waals surface area contributed by atoms with E-state index in [0.29, 0.717) is 6.42 Å². The van der Waals surface area contributed by atoms with Crippen molar-refractivity contribution in [3.05, 3.63) is 40.8 Å². The molecule has 2 aromatic heterocycles. The topological polar surface area (TPSA) is 57.0 Å². The highest BCUT2D eigenvalue weighted by atomic mass is 16.5. The van der Waals surface area contributed by atoms with Gasteiger partial charge in [-0.2, -0.15) is 5.10 Å². The highest BCUT2D eigenvalue weighted by Gasteiger charge is 2.20. The van der Waals surface area contributed by atoms with Gasteiger partial charge in [0.2, 0.25) is 0 Å². The van der Waals surface area contributed by atoms with Crippen LogP contribution in [0.5, 0.6) is 0 Å². The average molecular weight is 287 g/mol. The lowest BCUT2D eigenvalue weighted by Gasteiger charge is -2.09. The highest BCUT2D eigenvalue weighted by Crippen LogP contribution is 2.21. The summed E-state index contributed by atoms with van der Waals surface area (Å²) in [6.45, 7) is 7.85. The van der Waals surface area contributed by atoms with Crippen LogP contribution < -0.4 is 0 Å². The quantitative estimate of drug-likeness (QED) is 0.811. The number of ether oxygens (including phenoxy) is 1. The van der Waals surface area contributed by atoms with Crippen molar-refractivity contribution in [2.45, 2.75) is 34.1 Å². The van der Waals surface area contributed by atoms with Gasteiger partial charge in [-0.05, 0) is 50.5 Å². The molecule has 2 heterocycles. The number of carbonyl (C=O) groups is 1. The summed E-state index contributed by atoms with van der Waals surface area (Å²) >= 11 is 0. The Bertz CT molecular complexity index is 662. The van der Waals surface area contributed by atoms with E-state index in [2.05, 4.69) is 10.1 Å². The lowest BCUT2D eigenvalue weighted by molar-refractivity contribution is -0.144. The molecule has 0 aliphatic heterocycles. The molecule has 0 saturated heterocycles. The molecule has 1 atom stereocenters. The molecule has 2 rings (SSSR count). The minimum Gasteiger partial charge on any atom is -0.469 e. The molecule has 0 bridgehead atoms. The Morgan fingerprint density at radius 1 is 1.38 bits per heavy atom. The fourth-order valence-electron chi connectivity index (χ4n) is 2.42. The van der Waals surface area contributed by atoms with E-state index >= 15 is 0 Å². The number of methoxy groups -OCH3 is 1. The zero-order valence-corrected chi connectivity index (χ0v) is 13.2. The lowest BCUT2D eigenvalue weighted by atomic mass is 10.00. The molecule has 1 unspecified atom stereocenters. The Morgan fingerprint density at radius 3 is 2.71 bits per heavy atom. The van der Waals surface area contributed by atoms with Crippen LogP contribution in [-0.2, 0) is 16.0 Å². The van der Waals surface area contributed by atoms with Crippen LogP contribution >= 0.6 is 0 Å². The van der Waals surface area contributed by atoms with Gasteiger partial charge in [0, 0.05) is 11.9 Å². The first-order valence-electron chi connectivity index (χ1n) is 7.00. The van der Waals surface area contributed by atoms with Gasteiger partial charge in [0.15, 0.2) is 5.82 Å². The van der Waals surface area contributed by atoms with E-state index in [9.17, 15) is 4.79 Å². The number of hydrogen-bond donors (Lipinski definition) is 0. The fraction of sp³-hybridized carbons (Fsp3) is 0.438. The standard InChI is InChI=1S/C16H21N3O2/c1-10-6-7-17-15(8-10)19-13(4)14(12(3)18-19)9-11(2)16(20)21-5/h6-8,11H,9H2,1-5H3. The maximum Gasteiger partial charge on any atom is 0.308 e. The summed E-state index contributed by atoms with van der Waals surface area (Å²) in [6, 6.07) is 3.95. The maximum absolute atomic E-state index is 11.6. The van der Waals surface area contributed by atoms with E-state index in [1.807, 2.05) is 44.5 Å². The van der Waals surface area contributed by atoms with Crippen molar-refractivity contribution in [2.24, 2.45) is 5.92 Å². The molecule has 2 aromatic rings. The predicted octanol–water partition coefficient (Wildman–Crippen LogP) is 2.54. The summed E-state index contributed by atoms with van der Waals surface area (Å²) in [5.41, 5.74) is 4.15. The molecule has 5 heteroatoms. The molecule has 0 radical (unpaired) electrons. The number of nitrogens with zero attached hydrogens (tertiary/aromatic N) is 3. The summed E-state index contributed by atoms with van der Waals surface area (Å²) in [5.74, 6) is 0.415. The first kappa shape index (κ1) is 15.2. The molecular weight excluding hydrogens is 266 g/mol. The summed E-state index contributed by atoms with van der Waals surface area (Å²) in [7, 11) is 1.42. The first-order valence-corrected chi connectivity index (χ1v) is 7.00. The van der Waals surface area contributed by atoms with E-state index < -0.39 is 0 Å². The third kappa shape index (κ3) is 3.12. The van der Waals surface area contributed by atoms with Gasteiger partial charge < -0.3 is 4.74 Å². The second kappa shape index (κ2) is 6.08. The zero-order valence-electron chi connectivity index (χ0n) is 13.2.